The summed E-state index contributed by atoms with van der Waals surface area (Å²) in [5.74, 6) is -0.156. The van der Waals surface area contributed by atoms with Gasteiger partial charge in [0.05, 0.1) is 5.56 Å². The molecule has 0 fully saturated rings. The number of hydrogen-bond donors (Lipinski definition) is 2. The standard InChI is InChI=1S/C10H12BrClN2O.ClH/c1-6(5-13)14-10(15)8-3-2-7(12)4-9(8)11;/h2-4,6H,5,13H2,1H3,(H,14,15);1H/t6-;/m0./s1. The highest BCUT2D eigenvalue weighted by Crippen LogP contribution is 2.21. The van der Waals surface area contributed by atoms with Crippen molar-refractivity contribution in [2.24, 2.45) is 5.73 Å². The van der Waals surface area contributed by atoms with Crippen LogP contribution in [0.2, 0.25) is 5.02 Å². The van der Waals surface area contributed by atoms with E-state index in [4.69, 9.17) is 17.3 Å². The van der Waals surface area contributed by atoms with Crippen LogP contribution < -0.4 is 11.1 Å². The normalized spacial score (nSPS) is 11.5. The number of carbonyl (C=O) groups is 1. The molecule has 1 atom stereocenters. The maximum absolute atomic E-state index is 11.7. The van der Waals surface area contributed by atoms with Gasteiger partial charge in [0.15, 0.2) is 0 Å². The summed E-state index contributed by atoms with van der Waals surface area (Å²) in [6.45, 7) is 2.26. The average molecular weight is 328 g/mol. The minimum Gasteiger partial charge on any atom is -0.348 e. The van der Waals surface area contributed by atoms with Gasteiger partial charge in [0.2, 0.25) is 0 Å². The zero-order chi connectivity index (χ0) is 11.4. The van der Waals surface area contributed by atoms with E-state index >= 15 is 0 Å². The van der Waals surface area contributed by atoms with Crippen LogP contribution in [0.15, 0.2) is 22.7 Å². The van der Waals surface area contributed by atoms with Crippen LogP contribution in [0.3, 0.4) is 0 Å². The molecule has 1 rings (SSSR count). The van der Waals surface area contributed by atoms with Crippen molar-refractivity contribution in [2.75, 3.05) is 6.54 Å². The molecule has 3 nitrogen and oxygen atoms in total. The molecule has 0 heterocycles. The van der Waals surface area contributed by atoms with Crippen molar-refractivity contribution in [1.82, 2.24) is 5.32 Å². The summed E-state index contributed by atoms with van der Waals surface area (Å²) < 4.78 is 0.678. The Morgan fingerprint density at radius 2 is 2.25 bits per heavy atom. The van der Waals surface area contributed by atoms with Crippen LogP contribution in [0.25, 0.3) is 0 Å². The van der Waals surface area contributed by atoms with Crippen LogP contribution >= 0.6 is 39.9 Å². The molecule has 1 amide bonds. The zero-order valence-electron chi connectivity index (χ0n) is 8.67. The Hall–Kier alpha value is -0.290. The van der Waals surface area contributed by atoms with Crippen molar-refractivity contribution < 1.29 is 4.79 Å². The Labute approximate surface area is 114 Å². The molecule has 0 aromatic heterocycles. The SMILES string of the molecule is C[C@@H](CN)NC(=O)c1ccc(Cl)cc1Br.Cl. The van der Waals surface area contributed by atoms with E-state index < -0.39 is 0 Å². The molecule has 1 aromatic rings. The molecule has 16 heavy (non-hydrogen) atoms. The molecular weight excluding hydrogens is 315 g/mol. The molecule has 0 spiro atoms. The van der Waals surface area contributed by atoms with E-state index in [-0.39, 0.29) is 24.4 Å². The van der Waals surface area contributed by atoms with Crippen LogP contribution in [0.4, 0.5) is 0 Å². The molecule has 0 saturated carbocycles. The van der Waals surface area contributed by atoms with Crippen LogP contribution in [0.5, 0.6) is 0 Å². The maximum atomic E-state index is 11.7. The minimum absolute atomic E-state index is 0. The Balaban J connectivity index is 0.00000225. The zero-order valence-corrected chi connectivity index (χ0v) is 11.8. The van der Waals surface area contributed by atoms with E-state index in [0.29, 0.717) is 21.6 Å². The van der Waals surface area contributed by atoms with Gasteiger partial charge in [0.25, 0.3) is 5.91 Å². The summed E-state index contributed by atoms with van der Waals surface area (Å²) in [6, 6.07) is 4.99. The quantitative estimate of drug-likeness (QED) is 0.896. The molecule has 0 radical (unpaired) electrons. The van der Waals surface area contributed by atoms with Crippen LogP contribution in [-0.4, -0.2) is 18.5 Å². The lowest BCUT2D eigenvalue weighted by atomic mass is 10.2. The lowest BCUT2D eigenvalue weighted by molar-refractivity contribution is 0.0940. The fraction of sp³-hybridized carbons (Fsp3) is 0.300. The van der Waals surface area contributed by atoms with Crippen LogP contribution in [0.1, 0.15) is 17.3 Å². The van der Waals surface area contributed by atoms with Gasteiger partial charge in [-0.25, -0.2) is 0 Å². The van der Waals surface area contributed by atoms with Crippen LogP contribution in [0, 0.1) is 0 Å². The maximum Gasteiger partial charge on any atom is 0.252 e. The van der Waals surface area contributed by atoms with Gasteiger partial charge in [-0.1, -0.05) is 11.6 Å². The summed E-state index contributed by atoms with van der Waals surface area (Å²) in [7, 11) is 0. The third-order valence-electron chi connectivity index (χ3n) is 1.91. The Kier molecular flexibility index (Phi) is 6.99. The first-order valence-corrected chi connectivity index (χ1v) is 5.67. The molecule has 6 heteroatoms. The fourth-order valence-electron chi connectivity index (χ4n) is 1.03. The second-order valence-corrected chi connectivity index (χ2v) is 4.53. The summed E-state index contributed by atoms with van der Waals surface area (Å²) in [4.78, 5) is 11.7. The van der Waals surface area contributed by atoms with E-state index in [1.165, 1.54) is 0 Å². The highest BCUT2D eigenvalue weighted by molar-refractivity contribution is 9.10. The molecule has 0 aliphatic rings. The highest BCUT2D eigenvalue weighted by atomic mass is 79.9. The third-order valence-corrected chi connectivity index (χ3v) is 2.80. The Morgan fingerprint density at radius 3 is 2.75 bits per heavy atom. The fourth-order valence-corrected chi connectivity index (χ4v) is 1.90. The van der Waals surface area contributed by atoms with E-state index in [0.717, 1.165) is 0 Å². The summed E-state index contributed by atoms with van der Waals surface area (Å²) in [5.41, 5.74) is 5.97. The topological polar surface area (TPSA) is 55.1 Å². The molecule has 0 aliphatic heterocycles. The smallest absolute Gasteiger partial charge is 0.252 e. The first kappa shape index (κ1) is 15.7. The largest absolute Gasteiger partial charge is 0.348 e. The number of carbonyl (C=O) groups excluding carboxylic acids is 1. The number of rotatable bonds is 3. The molecule has 1 aromatic carbocycles. The van der Waals surface area contributed by atoms with Gasteiger partial charge >= 0.3 is 0 Å². The molecule has 0 saturated heterocycles. The number of hydrogen-bond acceptors (Lipinski definition) is 2. The molecule has 90 valence electrons. The van der Waals surface area contributed by atoms with Crippen molar-refractivity contribution in [1.29, 1.82) is 0 Å². The number of amides is 1. The van der Waals surface area contributed by atoms with Crippen molar-refractivity contribution in [2.45, 2.75) is 13.0 Å². The summed E-state index contributed by atoms with van der Waals surface area (Å²) >= 11 is 9.06. The van der Waals surface area contributed by atoms with E-state index in [1.54, 1.807) is 18.2 Å². The summed E-state index contributed by atoms with van der Waals surface area (Å²) in [6.07, 6.45) is 0. The number of halogens is 3. The monoisotopic (exact) mass is 326 g/mol. The van der Waals surface area contributed by atoms with E-state index in [9.17, 15) is 4.79 Å². The lowest BCUT2D eigenvalue weighted by Gasteiger charge is -2.12. The second kappa shape index (κ2) is 7.12. The van der Waals surface area contributed by atoms with Crippen molar-refractivity contribution in [3.05, 3.63) is 33.3 Å². The van der Waals surface area contributed by atoms with Gasteiger partial charge in [0, 0.05) is 22.1 Å². The van der Waals surface area contributed by atoms with Crippen molar-refractivity contribution in [3.63, 3.8) is 0 Å². The van der Waals surface area contributed by atoms with Crippen molar-refractivity contribution >= 4 is 45.8 Å². The number of nitrogens with two attached hydrogens (primary N) is 1. The molecule has 0 bridgehead atoms. The van der Waals surface area contributed by atoms with Gasteiger partial charge < -0.3 is 11.1 Å². The second-order valence-electron chi connectivity index (χ2n) is 3.23. The van der Waals surface area contributed by atoms with Gasteiger partial charge in [-0.3, -0.25) is 4.79 Å². The van der Waals surface area contributed by atoms with E-state index in [2.05, 4.69) is 21.2 Å². The van der Waals surface area contributed by atoms with Crippen LogP contribution in [-0.2, 0) is 0 Å². The summed E-state index contributed by atoms with van der Waals surface area (Å²) in [5, 5.41) is 3.36. The number of nitrogens with one attached hydrogen (secondary N) is 1. The first-order chi connectivity index (χ1) is 7.04. The molecule has 0 aliphatic carbocycles. The molecule has 3 N–H and O–H groups in total. The van der Waals surface area contributed by atoms with Gasteiger partial charge in [-0.15, -0.1) is 12.4 Å². The average Bonchev–Trinajstić information content (AvgIpc) is 2.17. The molecular formula is C10H13BrCl2N2O. The lowest BCUT2D eigenvalue weighted by Crippen LogP contribution is -2.37. The Bertz CT molecular complexity index is 374. The minimum atomic E-state index is -0.156. The Morgan fingerprint density at radius 1 is 1.62 bits per heavy atom. The van der Waals surface area contributed by atoms with Crippen molar-refractivity contribution in [3.8, 4) is 0 Å². The highest BCUT2D eigenvalue weighted by Gasteiger charge is 2.11. The van der Waals surface area contributed by atoms with Gasteiger partial charge in [-0.05, 0) is 41.1 Å². The predicted molar refractivity (Wildman–Crippen MR) is 72.4 cm³/mol. The van der Waals surface area contributed by atoms with Gasteiger partial charge in [0.1, 0.15) is 0 Å². The first-order valence-electron chi connectivity index (χ1n) is 4.50. The van der Waals surface area contributed by atoms with E-state index in [1.807, 2.05) is 6.92 Å². The third kappa shape index (κ3) is 4.29. The molecule has 0 unspecified atom stereocenters. The predicted octanol–water partition coefficient (Wildman–Crippen LogP) is 2.60. The number of benzene rings is 1. The van der Waals surface area contributed by atoms with Gasteiger partial charge in [-0.2, -0.15) is 0 Å².